The topological polar surface area (TPSA) is 89.5 Å². The normalized spacial score (nSPS) is 9.71. The van der Waals surface area contributed by atoms with Crippen molar-refractivity contribution in [2.75, 3.05) is 0 Å². The van der Waals surface area contributed by atoms with Crippen molar-refractivity contribution in [2.24, 2.45) is 0 Å². The van der Waals surface area contributed by atoms with E-state index in [2.05, 4.69) is 10.2 Å². The Hall–Kier alpha value is -1.04. The molecule has 1 aromatic heterocycles. The van der Waals surface area contributed by atoms with Gasteiger partial charge in [0.15, 0.2) is 0 Å². The molecule has 66 valence electrons. The SMILES string of the molecule is [NH-]c1ccc2c(=O)[nH][nH]c(=O)c2c1.[Na+]. The number of hydrogen-bond donors (Lipinski definition) is 2. The molecule has 3 N–H and O–H groups in total. The maximum absolute atomic E-state index is 11.2. The first-order chi connectivity index (χ1) is 6.18. The number of aromatic amines is 2. The first kappa shape index (κ1) is 11.0. The molecule has 5 nitrogen and oxygen atoms in total. The monoisotopic (exact) mass is 199 g/mol. The van der Waals surface area contributed by atoms with Gasteiger partial charge in [-0.3, -0.25) is 19.8 Å². The van der Waals surface area contributed by atoms with E-state index in [0.29, 0.717) is 5.39 Å². The summed E-state index contributed by atoms with van der Waals surface area (Å²) in [5.74, 6) is 0. The number of rotatable bonds is 0. The van der Waals surface area contributed by atoms with Gasteiger partial charge in [-0.25, -0.2) is 0 Å². The molecule has 0 aliphatic carbocycles. The standard InChI is InChI=1S/C8H7N3O2.Na/c9-4-1-2-5-6(3-4)8(13)11-10-7(5)12;/h1-3H,(H4,9,10,11,12,13);/q;+1/p-1. The summed E-state index contributed by atoms with van der Waals surface area (Å²) in [6.07, 6.45) is 0. The predicted molar refractivity (Wildman–Crippen MR) is 49.2 cm³/mol. The molecular weight excluding hydrogens is 193 g/mol. The minimum atomic E-state index is -0.385. The number of hydrogen-bond acceptors (Lipinski definition) is 2. The molecule has 1 heterocycles. The first-order valence-corrected chi connectivity index (χ1v) is 3.65. The summed E-state index contributed by atoms with van der Waals surface area (Å²) in [5.41, 5.74) is 6.75. The van der Waals surface area contributed by atoms with Gasteiger partial charge < -0.3 is 5.73 Å². The van der Waals surface area contributed by atoms with Crippen LogP contribution in [0.4, 0.5) is 5.69 Å². The van der Waals surface area contributed by atoms with Crippen LogP contribution >= 0.6 is 0 Å². The average Bonchev–Trinajstić information content (AvgIpc) is 2.12. The second-order valence-electron chi connectivity index (χ2n) is 2.67. The smallest absolute Gasteiger partial charge is 0.699 e. The van der Waals surface area contributed by atoms with Crippen molar-refractivity contribution in [1.29, 1.82) is 0 Å². The summed E-state index contributed by atoms with van der Waals surface area (Å²) >= 11 is 0. The predicted octanol–water partition coefficient (Wildman–Crippen LogP) is -2.10. The van der Waals surface area contributed by atoms with Crippen molar-refractivity contribution < 1.29 is 29.6 Å². The van der Waals surface area contributed by atoms with Crippen LogP contribution in [-0.4, -0.2) is 10.2 Å². The van der Waals surface area contributed by atoms with Gasteiger partial charge in [-0.05, 0) is 6.07 Å². The molecule has 0 bridgehead atoms. The van der Waals surface area contributed by atoms with Gasteiger partial charge in [0.05, 0.1) is 10.8 Å². The van der Waals surface area contributed by atoms with Gasteiger partial charge in [-0.2, -0.15) is 0 Å². The molecular formula is C8H6N3NaO2. The van der Waals surface area contributed by atoms with Crippen molar-refractivity contribution in [3.63, 3.8) is 0 Å². The Morgan fingerprint density at radius 1 is 1.00 bits per heavy atom. The van der Waals surface area contributed by atoms with Crippen LogP contribution in [0.3, 0.4) is 0 Å². The van der Waals surface area contributed by atoms with E-state index in [1.807, 2.05) is 0 Å². The molecule has 0 saturated heterocycles. The van der Waals surface area contributed by atoms with Gasteiger partial charge in [-0.15, -0.1) is 5.69 Å². The van der Waals surface area contributed by atoms with E-state index in [1.54, 1.807) is 0 Å². The Morgan fingerprint density at radius 3 is 2.21 bits per heavy atom. The van der Waals surface area contributed by atoms with Crippen molar-refractivity contribution in [2.45, 2.75) is 0 Å². The Labute approximate surface area is 101 Å². The van der Waals surface area contributed by atoms with E-state index in [-0.39, 0.29) is 51.7 Å². The zero-order valence-corrected chi connectivity index (χ0v) is 9.55. The van der Waals surface area contributed by atoms with Crippen LogP contribution in [0.15, 0.2) is 27.8 Å². The molecule has 0 unspecified atom stereocenters. The molecule has 2 aromatic rings. The quantitative estimate of drug-likeness (QED) is 0.476. The molecule has 2 rings (SSSR count). The van der Waals surface area contributed by atoms with Crippen molar-refractivity contribution in [3.05, 3.63) is 44.6 Å². The van der Waals surface area contributed by atoms with E-state index in [1.165, 1.54) is 18.2 Å². The molecule has 0 radical (unpaired) electrons. The van der Waals surface area contributed by atoms with E-state index < -0.39 is 0 Å². The molecule has 6 heteroatoms. The fraction of sp³-hybridized carbons (Fsp3) is 0. The molecule has 14 heavy (non-hydrogen) atoms. The molecule has 0 aliphatic heterocycles. The molecule has 0 amide bonds. The maximum Gasteiger partial charge on any atom is 1.00 e. The Kier molecular flexibility index (Phi) is 3.15. The summed E-state index contributed by atoms with van der Waals surface area (Å²) in [6.45, 7) is 0. The van der Waals surface area contributed by atoms with Crippen molar-refractivity contribution in [3.8, 4) is 0 Å². The third-order valence-corrected chi connectivity index (χ3v) is 1.80. The molecule has 0 fully saturated rings. The number of nitrogens with one attached hydrogen (secondary N) is 3. The van der Waals surface area contributed by atoms with Gasteiger partial charge >= 0.3 is 29.6 Å². The number of fused-ring (bicyclic) bond motifs is 1. The second-order valence-corrected chi connectivity index (χ2v) is 2.67. The van der Waals surface area contributed by atoms with Gasteiger partial charge in [0.1, 0.15) is 0 Å². The Balaban J connectivity index is 0.000000980. The van der Waals surface area contributed by atoms with Crippen molar-refractivity contribution >= 4 is 16.5 Å². The van der Waals surface area contributed by atoms with Crippen LogP contribution in [0.5, 0.6) is 0 Å². The van der Waals surface area contributed by atoms with E-state index in [9.17, 15) is 9.59 Å². The van der Waals surface area contributed by atoms with Crippen LogP contribution in [0.1, 0.15) is 0 Å². The van der Waals surface area contributed by atoms with E-state index in [4.69, 9.17) is 5.73 Å². The first-order valence-electron chi connectivity index (χ1n) is 3.65. The summed E-state index contributed by atoms with van der Waals surface area (Å²) in [4.78, 5) is 22.3. The number of aromatic nitrogens is 2. The summed E-state index contributed by atoms with van der Waals surface area (Å²) in [5, 5.41) is 4.95. The fourth-order valence-corrected chi connectivity index (χ4v) is 1.18. The van der Waals surface area contributed by atoms with Crippen LogP contribution in [0.2, 0.25) is 0 Å². The van der Waals surface area contributed by atoms with Gasteiger partial charge in [-0.1, -0.05) is 12.1 Å². The second kappa shape index (κ2) is 4.00. The van der Waals surface area contributed by atoms with Crippen LogP contribution < -0.4 is 40.7 Å². The number of benzene rings is 1. The van der Waals surface area contributed by atoms with E-state index in [0.717, 1.165) is 0 Å². The fourth-order valence-electron chi connectivity index (χ4n) is 1.18. The zero-order chi connectivity index (χ0) is 9.42. The summed E-state index contributed by atoms with van der Waals surface area (Å²) in [6, 6.07) is 4.30. The van der Waals surface area contributed by atoms with E-state index >= 15 is 0 Å². The van der Waals surface area contributed by atoms with Crippen LogP contribution in [-0.2, 0) is 0 Å². The van der Waals surface area contributed by atoms with Crippen molar-refractivity contribution in [1.82, 2.24) is 10.2 Å². The number of H-pyrrole nitrogens is 2. The Bertz CT molecular complexity index is 573. The third kappa shape index (κ3) is 1.75. The summed E-state index contributed by atoms with van der Waals surface area (Å²) < 4.78 is 0. The third-order valence-electron chi connectivity index (χ3n) is 1.80. The van der Waals surface area contributed by atoms with Gasteiger partial charge in [0.2, 0.25) is 0 Å². The molecule has 0 spiro atoms. The Morgan fingerprint density at radius 2 is 1.57 bits per heavy atom. The molecule has 1 aromatic carbocycles. The minimum Gasteiger partial charge on any atom is -0.699 e. The molecule has 0 aliphatic rings. The van der Waals surface area contributed by atoms with Crippen LogP contribution in [0.25, 0.3) is 16.5 Å². The van der Waals surface area contributed by atoms with Gasteiger partial charge in [0.25, 0.3) is 11.1 Å². The largest absolute Gasteiger partial charge is 1.00 e. The van der Waals surface area contributed by atoms with Crippen LogP contribution in [0, 0.1) is 0 Å². The van der Waals surface area contributed by atoms with Gasteiger partial charge in [0, 0.05) is 0 Å². The zero-order valence-electron chi connectivity index (χ0n) is 7.55. The summed E-state index contributed by atoms with van der Waals surface area (Å²) in [7, 11) is 0. The minimum absolute atomic E-state index is 0. The average molecular weight is 199 g/mol. The maximum atomic E-state index is 11.2. The molecule has 0 atom stereocenters. The molecule has 0 saturated carbocycles.